The minimum atomic E-state index is -0.220. The Balaban J connectivity index is 2.60. The average Bonchev–Trinajstić information content (AvgIpc) is 2.07. The molecule has 0 heterocycles. The lowest BCUT2D eigenvalue weighted by Crippen LogP contribution is -2.24. The fourth-order valence-electron chi connectivity index (χ4n) is 1.35. The Labute approximate surface area is 83.3 Å². The fourth-order valence-corrected chi connectivity index (χ4v) is 1.35. The van der Waals surface area contributed by atoms with Crippen LogP contribution in [-0.2, 0) is 11.3 Å². The predicted molar refractivity (Wildman–Crippen MR) is 53.4 cm³/mol. The van der Waals surface area contributed by atoms with Gasteiger partial charge in [0.05, 0.1) is 6.54 Å². The Kier molecular flexibility index (Phi) is 3.77. The Hall–Kier alpha value is -1.22. The van der Waals surface area contributed by atoms with Gasteiger partial charge in [-0.1, -0.05) is 18.2 Å². The maximum Gasteiger partial charge on any atom is 0.143 e. The van der Waals surface area contributed by atoms with E-state index in [1.807, 2.05) is 0 Å². The number of hydrogen-bond acceptors (Lipinski definition) is 2. The molecular weight excluding hydrogens is 181 g/mol. The van der Waals surface area contributed by atoms with Crippen LogP contribution in [0.3, 0.4) is 0 Å². The molecule has 0 bridgehead atoms. The SMILES string of the molecule is CC(=O)CN(C)Cc1ccccc1F. The van der Waals surface area contributed by atoms with Crippen molar-refractivity contribution in [1.29, 1.82) is 0 Å². The fraction of sp³-hybridized carbons (Fsp3) is 0.364. The van der Waals surface area contributed by atoms with Crippen LogP contribution in [0.5, 0.6) is 0 Å². The number of likely N-dealkylation sites (N-methyl/N-ethyl adjacent to an activating group) is 1. The molecule has 0 amide bonds. The summed E-state index contributed by atoms with van der Waals surface area (Å²) in [6.07, 6.45) is 0. The van der Waals surface area contributed by atoms with Crippen molar-refractivity contribution < 1.29 is 9.18 Å². The van der Waals surface area contributed by atoms with Gasteiger partial charge in [0, 0.05) is 12.1 Å². The predicted octanol–water partition coefficient (Wildman–Crippen LogP) is 1.85. The number of benzene rings is 1. The Bertz CT molecular complexity index is 325. The molecule has 0 saturated heterocycles. The zero-order chi connectivity index (χ0) is 10.6. The first kappa shape index (κ1) is 10.9. The number of carbonyl (C=O) groups is 1. The van der Waals surface area contributed by atoms with Gasteiger partial charge in [-0.3, -0.25) is 9.69 Å². The molecule has 0 unspecified atom stereocenters. The summed E-state index contributed by atoms with van der Waals surface area (Å²) in [6.45, 7) is 2.35. The molecule has 0 saturated carbocycles. The molecule has 0 atom stereocenters. The number of halogens is 1. The summed E-state index contributed by atoms with van der Waals surface area (Å²) >= 11 is 0. The third kappa shape index (κ3) is 3.26. The van der Waals surface area contributed by atoms with Gasteiger partial charge >= 0.3 is 0 Å². The number of nitrogens with zero attached hydrogens (tertiary/aromatic N) is 1. The van der Waals surface area contributed by atoms with Gasteiger partial charge in [0.1, 0.15) is 11.6 Å². The summed E-state index contributed by atoms with van der Waals surface area (Å²) < 4.78 is 13.2. The molecule has 1 rings (SSSR count). The standard InChI is InChI=1S/C11H14FNO/c1-9(14)7-13(2)8-10-5-3-4-6-11(10)12/h3-6H,7-8H2,1-2H3. The first-order chi connectivity index (χ1) is 6.59. The molecule has 1 aromatic carbocycles. The quantitative estimate of drug-likeness (QED) is 0.730. The van der Waals surface area contributed by atoms with Crippen LogP contribution >= 0.6 is 0 Å². The van der Waals surface area contributed by atoms with Crippen molar-refractivity contribution in [3.05, 3.63) is 35.6 Å². The highest BCUT2D eigenvalue weighted by atomic mass is 19.1. The van der Waals surface area contributed by atoms with Crippen molar-refractivity contribution >= 4 is 5.78 Å². The Morgan fingerprint density at radius 1 is 1.43 bits per heavy atom. The minimum Gasteiger partial charge on any atom is -0.299 e. The smallest absolute Gasteiger partial charge is 0.143 e. The lowest BCUT2D eigenvalue weighted by atomic mass is 10.2. The van der Waals surface area contributed by atoms with E-state index in [0.717, 1.165) is 0 Å². The molecule has 1 aromatic rings. The highest BCUT2D eigenvalue weighted by Gasteiger charge is 2.05. The largest absolute Gasteiger partial charge is 0.299 e. The summed E-state index contributed by atoms with van der Waals surface area (Å²) in [5, 5.41) is 0. The van der Waals surface area contributed by atoms with Crippen LogP contribution in [-0.4, -0.2) is 24.3 Å². The van der Waals surface area contributed by atoms with E-state index in [2.05, 4.69) is 0 Å². The topological polar surface area (TPSA) is 20.3 Å². The molecule has 0 aromatic heterocycles. The molecule has 0 aliphatic heterocycles. The third-order valence-electron chi connectivity index (χ3n) is 1.89. The van der Waals surface area contributed by atoms with Crippen molar-refractivity contribution in [3.8, 4) is 0 Å². The number of ketones is 1. The molecule has 0 fully saturated rings. The van der Waals surface area contributed by atoms with Crippen LogP contribution in [0, 0.1) is 5.82 Å². The van der Waals surface area contributed by atoms with Crippen molar-refractivity contribution in [1.82, 2.24) is 4.90 Å². The van der Waals surface area contributed by atoms with Crippen LogP contribution in [0.1, 0.15) is 12.5 Å². The maximum absolute atomic E-state index is 13.2. The second-order valence-corrected chi connectivity index (χ2v) is 3.47. The first-order valence-electron chi connectivity index (χ1n) is 4.51. The summed E-state index contributed by atoms with van der Waals surface area (Å²) in [6, 6.07) is 6.60. The van der Waals surface area contributed by atoms with E-state index in [1.165, 1.54) is 13.0 Å². The highest BCUT2D eigenvalue weighted by Crippen LogP contribution is 2.08. The average molecular weight is 195 g/mol. The van der Waals surface area contributed by atoms with Crippen molar-refractivity contribution in [2.75, 3.05) is 13.6 Å². The Morgan fingerprint density at radius 3 is 2.64 bits per heavy atom. The molecule has 0 radical (unpaired) electrons. The van der Waals surface area contributed by atoms with E-state index in [1.54, 1.807) is 30.1 Å². The first-order valence-corrected chi connectivity index (χ1v) is 4.51. The normalized spacial score (nSPS) is 10.6. The van der Waals surface area contributed by atoms with Crippen molar-refractivity contribution in [3.63, 3.8) is 0 Å². The van der Waals surface area contributed by atoms with E-state index in [0.29, 0.717) is 18.7 Å². The molecule has 0 N–H and O–H groups in total. The summed E-state index contributed by atoms with van der Waals surface area (Å²) in [4.78, 5) is 12.6. The lowest BCUT2D eigenvalue weighted by Gasteiger charge is -2.14. The lowest BCUT2D eigenvalue weighted by molar-refractivity contribution is -0.117. The van der Waals surface area contributed by atoms with Gasteiger partial charge in [0.25, 0.3) is 0 Å². The molecule has 0 aliphatic carbocycles. The highest BCUT2D eigenvalue weighted by molar-refractivity contribution is 5.77. The summed E-state index contributed by atoms with van der Waals surface area (Å²) in [7, 11) is 1.80. The zero-order valence-corrected chi connectivity index (χ0v) is 8.46. The third-order valence-corrected chi connectivity index (χ3v) is 1.89. The monoisotopic (exact) mass is 195 g/mol. The summed E-state index contributed by atoms with van der Waals surface area (Å²) in [5.41, 5.74) is 0.622. The number of rotatable bonds is 4. The van der Waals surface area contributed by atoms with E-state index in [9.17, 15) is 9.18 Å². The number of carbonyl (C=O) groups excluding carboxylic acids is 1. The van der Waals surface area contributed by atoms with Crippen LogP contribution in [0.15, 0.2) is 24.3 Å². The van der Waals surface area contributed by atoms with Crippen LogP contribution in [0.4, 0.5) is 4.39 Å². The van der Waals surface area contributed by atoms with E-state index in [-0.39, 0.29) is 11.6 Å². The number of hydrogen-bond donors (Lipinski definition) is 0. The van der Waals surface area contributed by atoms with Gasteiger partial charge in [-0.15, -0.1) is 0 Å². The summed E-state index contributed by atoms with van der Waals surface area (Å²) in [5.74, 6) is -0.133. The van der Waals surface area contributed by atoms with Gasteiger partial charge in [-0.2, -0.15) is 0 Å². The molecule has 14 heavy (non-hydrogen) atoms. The molecule has 3 heteroatoms. The van der Waals surface area contributed by atoms with E-state index < -0.39 is 0 Å². The molecule has 0 aliphatic rings. The van der Waals surface area contributed by atoms with E-state index in [4.69, 9.17) is 0 Å². The maximum atomic E-state index is 13.2. The van der Waals surface area contributed by atoms with Gasteiger partial charge in [-0.05, 0) is 20.0 Å². The van der Waals surface area contributed by atoms with Gasteiger partial charge in [0.15, 0.2) is 0 Å². The van der Waals surface area contributed by atoms with Crippen LogP contribution in [0.25, 0.3) is 0 Å². The van der Waals surface area contributed by atoms with Gasteiger partial charge in [0.2, 0.25) is 0 Å². The molecule has 2 nitrogen and oxygen atoms in total. The van der Waals surface area contributed by atoms with Gasteiger partial charge < -0.3 is 0 Å². The van der Waals surface area contributed by atoms with Crippen molar-refractivity contribution in [2.45, 2.75) is 13.5 Å². The van der Waals surface area contributed by atoms with Crippen LogP contribution < -0.4 is 0 Å². The molecule has 0 spiro atoms. The zero-order valence-electron chi connectivity index (χ0n) is 8.46. The van der Waals surface area contributed by atoms with Crippen LogP contribution in [0.2, 0.25) is 0 Å². The second kappa shape index (κ2) is 4.86. The minimum absolute atomic E-state index is 0.0869. The Morgan fingerprint density at radius 2 is 2.07 bits per heavy atom. The van der Waals surface area contributed by atoms with E-state index >= 15 is 0 Å². The van der Waals surface area contributed by atoms with Crippen molar-refractivity contribution in [2.24, 2.45) is 0 Å². The molecular formula is C11H14FNO. The van der Waals surface area contributed by atoms with Gasteiger partial charge in [-0.25, -0.2) is 4.39 Å². The molecule has 76 valence electrons. The second-order valence-electron chi connectivity index (χ2n) is 3.47. The number of Topliss-reactive ketones (excluding diaryl/α,β-unsaturated/α-hetero) is 1.